The lowest BCUT2D eigenvalue weighted by Gasteiger charge is -2.29. The number of hydrogen-bond acceptors (Lipinski definition) is 34. The zero-order valence-electron chi connectivity index (χ0n) is 65.6. The highest BCUT2D eigenvalue weighted by Crippen LogP contribution is 2.68. The zero-order chi connectivity index (χ0) is 99.6. The molecule has 14 radical (unpaired) electrons. The van der Waals surface area contributed by atoms with Gasteiger partial charge < -0.3 is 97.9 Å². The molecule has 734 valence electrons. The number of nitrogens with zero attached hydrogens (tertiary/aromatic N) is 1. The van der Waals surface area contributed by atoms with Gasteiger partial charge in [-0.05, 0) is 80.8 Å². The number of carbonyl (C=O) groups excluding carboxylic acids is 1. The number of phosphoric ester groups is 4. The van der Waals surface area contributed by atoms with Gasteiger partial charge in [-0.1, -0.05) is 237 Å². The number of hydrogen-bond donors (Lipinski definition) is 10. The van der Waals surface area contributed by atoms with Crippen molar-refractivity contribution in [3.8, 4) is 6.07 Å². The third-order valence-corrected chi connectivity index (χ3v) is 25.0. The summed E-state index contributed by atoms with van der Waals surface area (Å²) in [5.74, 6) is -1.84. The van der Waals surface area contributed by atoms with Crippen LogP contribution in [-0.4, -0.2) is 318 Å². The van der Waals surface area contributed by atoms with Crippen molar-refractivity contribution in [1.82, 2.24) is 0 Å². The molecule has 0 aromatic carbocycles. The van der Waals surface area contributed by atoms with E-state index in [9.17, 15) is 64.8 Å². The minimum Gasteiger partial charge on any atom is -0.479 e. The summed E-state index contributed by atoms with van der Waals surface area (Å²) < 4.78 is 201. The first-order valence-electron chi connectivity index (χ1n) is 34.5. The first kappa shape index (κ1) is 134. The Morgan fingerprint density at radius 3 is 0.938 bits per heavy atom. The van der Waals surface area contributed by atoms with Crippen LogP contribution in [0.2, 0.25) is 0 Å². The molecule has 23 atom stereocenters. The average Bonchev–Trinajstić information content (AvgIpc) is 1.60. The van der Waals surface area contributed by atoms with Crippen LogP contribution in [-0.2, 0) is 124 Å². The molecular weight excluding hydrogens is 2270 g/mol. The van der Waals surface area contributed by atoms with Crippen LogP contribution < -0.4 is 0 Å². The van der Waals surface area contributed by atoms with Crippen LogP contribution in [0.5, 0.6) is 0 Å². The minimum absolute atomic E-state index is 0. The van der Waals surface area contributed by atoms with E-state index >= 15 is 0 Å². The van der Waals surface area contributed by atoms with Crippen LogP contribution in [0.3, 0.4) is 0 Å². The molecule has 75 heteroatoms. The van der Waals surface area contributed by atoms with E-state index in [0.29, 0.717) is 31.6 Å². The SMILES string of the molecule is CC#N.O.[B][C@H]1C[C@@H](C)[C@@H](C(=O)O)O1.[B][C@H]1C[C@@H](C)[C@@H](C(=O)OP(=O)(OCC(Cl)(Cl)Cl)OCC(Cl)(Cl)Cl)O1.[B][C@H]1C[C@@H](C)[C@@H](C(=S)OP(=O)(OCC(Cl)(Cl)Cl)OCC(Cl)(Cl)Cl)O1.[B][C@H]1C[C@@H](C)[C@@H](CO)O1.[B][C@H]1C[C@@H](O)[C@@H](C(F)(F)OP(=O)(O)OP(=O)(O)OP(=O)(O)O)O1.[B][C@H]1C[C@@H](O)[C@@H](C(F)(F)OP(=O)(OCC(Cl)(Cl)Cl)OCC(Cl)(Cl)Cl)O1.[B][C@H]1C[C@@H](O)[C@@H](CO)O1. The van der Waals surface area contributed by atoms with Crippen LogP contribution in [0, 0.1) is 35.0 Å². The van der Waals surface area contributed by atoms with Crippen LogP contribution in [0.25, 0.3) is 0 Å². The summed E-state index contributed by atoms with van der Waals surface area (Å²) in [4.78, 5) is 56.8. The van der Waals surface area contributed by atoms with E-state index in [1.165, 1.54) is 6.92 Å². The van der Waals surface area contributed by atoms with Gasteiger partial charge in [-0.25, -0.2) is 46.0 Å². The first-order chi connectivity index (χ1) is 57.0. The molecular formula is C53H78B7Cl18F4NO38P6S. The van der Waals surface area contributed by atoms with Gasteiger partial charge in [0, 0.05) is 48.9 Å². The molecule has 128 heavy (non-hydrogen) atoms. The number of carbonyl (C=O) groups is 2. The number of ether oxygens (including phenoxy) is 7. The molecule has 7 rings (SSSR count). The van der Waals surface area contributed by atoms with Crippen molar-refractivity contribution in [3.63, 3.8) is 0 Å². The molecule has 7 saturated heterocycles. The van der Waals surface area contributed by atoms with Crippen molar-refractivity contribution in [2.45, 2.75) is 218 Å². The maximum absolute atomic E-state index is 14.2. The van der Waals surface area contributed by atoms with E-state index in [1.807, 2.05) is 20.8 Å². The van der Waals surface area contributed by atoms with Gasteiger partial charge >= 0.3 is 71.1 Å². The molecule has 0 amide bonds. The molecule has 0 saturated carbocycles. The number of rotatable bonds is 29. The van der Waals surface area contributed by atoms with Gasteiger partial charge in [0.25, 0.3) is 0 Å². The Morgan fingerprint density at radius 2 is 0.695 bits per heavy atom. The van der Waals surface area contributed by atoms with Crippen LogP contribution >= 0.6 is 268 Å². The summed E-state index contributed by atoms with van der Waals surface area (Å²) in [6, 6.07) is -2.88. The topological polar surface area (TPSA) is 570 Å². The van der Waals surface area contributed by atoms with Crippen molar-refractivity contribution < 1.29 is 197 Å². The molecule has 0 aromatic rings. The van der Waals surface area contributed by atoms with Crippen molar-refractivity contribution in [1.29, 1.82) is 5.26 Å². The van der Waals surface area contributed by atoms with Crippen molar-refractivity contribution in [3.05, 3.63) is 0 Å². The average molecular weight is 2340 g/mol. The molecule has 0 spiro atoms. The fourth-order valence-electron chi connectivity index (χ4n) is 9.77. The van der Waals surface area contributed by atoms with Gasteiger partial charge in [0.15, 0.2) is 24.4 Å². The number of halogens is 22. The zero-order valence-corrected chi connectivity index (χ0v) is 85.4. The standard InChI is InChI=1S/C10H12BCl6O6P.C10H12BCl6O5PS.C9H10BCl6F2O6P.C6H9BO3.C6H11BO2.C5H10BF2O12P3.C5H9BO3.C2H3N.H2O/c1-5-2-6(11)22-7(5)8(18)23-24(19,20-3-9(12,13)14)21-4-10(15,16)17;1-5-2-6(11)21-7(5)8(24)22-23(18,19-3-9(12,13)14)20-4-10(15,16)17;10-5-1-4(19)6(23-5)9(17,18)24-25(20,21-2-7(11,12)13)22-3-8(14,15)16;1-3-2-4(7)10-5(3)6(8)9;1-4-2-6(7)9-5(4)3-8;6-3-1-2(9)4(17-3)5(7,8)18-22(13,14)20-23(15,16)19-21(10,11)12;6-5-1-3(8)4(2-7)9-5;1-2-3;/h2*5-7H,2-4H2,1H3;4-6,19H,1-3H2;3-5H,2H2,1H3,(H,8,9);4-6,8H,2-3H2,1H3;2-4,9H,1H2,(H,13,14)(H,15,16)(H2,10,11,12);3-5,7-8H,1-2H2;1H3;1H2/t2*5-,6-,7+;4-,5-,6+;3-,4-,5+;4-,5-,6-;2-,3-,4+;3-,4-,5-;;/m1111111../s1. The van der Waals surface area contributed by atoms with Crippen molar-refractivity contribution in [2.24, 2.45) is 23.7 Å². The van der Waals surface area contributed by atoms with E-state index in [4.69, 9.17) is 372 Å². The number of phosphoric acid groups is 6. The first-order valence-corrected chi connectivity index (χ1v) is 50.6. The van der Waals surface area contributed by atoms with Gasteiger partial charge in [0.2, 0.25) is 27.8 Å². The second-order valence-electron chi connectivity index (χ2n) is 26.5. The van der Waals surface area contributed by atoms with Crippen molar-refractivity contribution >= 4 is 340 Å². The molecule has 39 nitrogen and oxygen atoms in total. The maximum atomic E-state index is 14.2. The lowest BCUT2D eigenvalue weighted by atomic mass is 9.92. The lowest BCUT2D eigenvalue weighted by Crippen LogP contribution is -2.42. The predicted molar refractivity (Wildman–Crippen MR) is 471 cm³/mol. The Labute approximate surface area is 835 Å². The molecule has 7 aliphatic rings. The Hall–Kier alpha value is 4.01. The summed E-state index contributed by atoms with van der Waals surface area (Å²) in [5.41, 5.74) is 0. The van der Waals surface area contributed by atoms with E-state index in [-0.39, 0.29) is 60.0 Å². The van der Waals surface area contributed by atoms with E-state index < -0.39 is 231 Å². The fourth-order valence-corrected chi connectivity index (χ4v) is 19.4. The third kappa shape index (κ3) is 58.7. The summed E-state index contributed by atoms with van der Waals surface area (Å²) >= 11 is 104. The van der Waals surface area contributed by atoms with Gasteiger partial charge in [-0.2, -0.15) is 31.4 Å². The number of alkyl halides is 22. The number of aliphatic hydroxyl groups excluding tert-OH is 5. The van der Waals surface area contributed by atoms with E-state index in [2.05, 4.69) is 36.2 Å². The van der Waals surface area contributed by atoms with E-state index in [0.717, 1.165) is 6.42 Å². The smallest absolute Gasteiger partial charge is 0.479 e. The minimum atomic E-state index is -6.08. The quantitative estimate of drug-likeness (QED) is 0.0109. The Bertz CT molecular complexity index is 3560. The van der Waals surface area contributed by atoms with Gasteiger partial charge in [0.05, 0.1) is 43.7 Å². The molecule has 12 N–H and O–H groups in total. The monoisotopic (exact) mass is 2340 g/mol. The lowest BCUT2D eigenvalue weighted by molar-refractivity contribution is -0.266. The third-order valence-electron chi connectivity index (χ3n) is 14.8. The molecule has 7 fully saturated rings. The summed E-state index contributed by atoms with van der Waals surface area (Å²) in [5, 5.41) is 60.6. The molecule has 7 heterocycles. The highest BCUT2D eigenvalue weighted by molar-refractivity contribution is 7.80. The van der Waals surface area contributed by atoms with E-state index in [1.54, 1.807) is 13.0 Å². The number of carboxylic acids is 1. The maximum Gasteiger partial charge on any atom is 0.532 e. The molecule has 7 aliphatic heterocycles. The van der Waals surface area contributed by atoms with Gasteiger partial charge in [-0.3, -0.25) is 27.1 Å². The molecule has 0 bridgehead atoms. The number of nitriles is 1. The van der Waals surface area contributed by atoms with Crippen LogP contribution in [0.4, 0.5) is 17.6 Å². The van der Waals surface area contributed by atoms with Crippen LogP contribution in [0.1, 0.15) is 79.6 Å². The number of carboxylic acid groups (broad SMARTS) is 1. The summed E-state index contributed by atoms with van der Waals surface area (Å²) in [6.07, 6.45) is -18.8. The number of aliphatic carboxylic acids is 1. The van der Waals surface area contributed by atoms with Gasteiger partial charge in [-0.15, -0.1) is 0 Å². The second-order valence-corrected chi connectivity index (χ2v) is 51.1. The highest BCUT2D eigenvalue weighted by Gasteiger charge is 2.59. The van der Waals surface area contributed by atoms with Gasteiger partial charge in [0.1, 0.15) is 107 Å². The predicted octanol–water partition coefficient (Wildman–Crippen LogP) is 11.4. The molecule has 2 unspecified atom stereocenters. The Kier molecular flexibility index (Phi) is 61.0. The largest absolute Gasteiger partial charge is 0.532 e. The molecule has 0 aromatic heterocycles. The molecule has 0 aliphatic carbocycles. The Balaban J connectivity index is 0. The Morgan fingerprint density at radius 1 is 0.422 bits per heavy atom. The second kappa shape index (κ2) is 58.2. The normalized spacial score (nSPS) is 29.7. The van der Waals surface area contributed by atoms with Crippen molar-refractivity contribution in [2.75, 3.05) is 52.9 Å². The number of thiocarbonyl (C=S) groups is 1. The highest BCUT2D eigenvalue weighted by atomic mass is 35.6. The fraction of sp³-hybridized carbons (Fsp3) is 0.925. The summed E-state index contributed by atoms with van der Waals surface area (Å²) in [6.45, 7) is 4.21. The summed E-state index contributed by atoms with van der Waals surface area (Å²) in [7, 11) is 6.12. The van der Waals surface area contributed by atoms with Crippen LogP contribution in [0.15, 0.2) is 0 Å². The number of aliphatic hydroxyl groups is 5.